The molecule has 7 nitrogen and oxygen atoms in total. The van der Waals surface area contributed by atoms with Crippen molar-refractivity contribution in [3.05, 3.63) is 83.4 Å². The van der Waals surface area contributed by atoms with Gasteiger partial charge in [0.05, 0.1) is 23.3 Å². The number of aromatic nitrogens is 1. The van der Waals surface area contributed by atoms with Gasteiger partial charge < -0.3 is 24.5 Å². The van der Waals surface area contributed by atoms with Crippen LogP contribution in [0.3, 0.4) is 0 Å². The van der Waals surface area contributed by atoms with Gasteiger partial charge in [-0.15, -0.1) is 0 Å². The smallest absolute Gasteiger partial charge is 0.335 e. The summed E-state index contributed by atoms with van der Waals surface area (Å²) in [7, 11) is 0. The minimum Gasteiger partial charge on any atom is -0.491 e. The molecule has 0 bridgehead atoms. The van der Waals surface area contributed by atoms with Crippen molar-refractivity contribution in [2.45, 2.75) is 64.0 Å². The van der Waals surface area contributed by atoms with Crippen molar-refractivity contribution in [3.63, 3.8) is 0 Å². The van der Waals surface area contributed by atoms with Gasteiger partial charge in [0.15, 0.2) is 0 Å². The molecule has 1 amide bonds. The lowest BCUT2D eigenvalue weighted by Crippen LogP contribution is -2.47. The second-order valence-corrected chi connectivity index (χ2v) is 11.8. The molecule has 6 rings (SSSR count). The molecule has 1 saturated carbocycles. The number of ether oxygens (including phenoxy) is 2. The molecule has 2 N–H and O–H groups in total. The zero-order valence-electron chi connectivity index (χ0n) is 23.6. The number of hydrogen-bond donors (Lipinski definition) is 2. The van der Waals surface area contributed by atoms with Crippen LogP contribution in [0, 0.1) is 0 Å². The van der Waals surface area contributed by atoms with Gasteiger partial charge in [-0.3, -0.25) is 4.79 Å². The highest BCUT2D eigenvalue weighted by atomic mass is 16.5. The number of carbonyl (C=O) groups is 2. The van der Waals surface area contributed by atoms with Crippen LogP contribution in [0.2, 0.25) is 0 Å². The normalized spacial score (nSPS) is 15.4. The molecule has 1 fully saturated rings. The number of rotatable bonds is 7. The largest absolute Gasteiger partial charge is 0.491 e. The Labute approximate surface area is 240 Å². The molecular formula is C34H36N2O5. The van der Waals surface area contributed by atoms with Crippen LogP contribution in [0.1, 0.15) is 78.1 Å². The van der Waals surface area contributed by atoms with Crippen LogP contribution in [0.15, 0.2) is 66.7 Å². The first-order valence-electron chi connectivity index (χ1n) is 14.5. The van der Waals surface area contributed by atoms with E-state index in [1.54, 1.807) is 12.1 Å². The fourth-order valence-electron chi connectivity index (χ4n) is 6.25. The summed E-state index contributed by atoms with van der Waals surface area (Å²) < 4.78 is 14.4. The number of amides is 1. The first-order chi connectivity index (χ1) is 19.8. The van der Waals surface area contributed by atoms with Crippen LogP contribution in [0.25, 0.3) is 22.2 Å². The van der Waals surface area contributed by atoms with E-state index < -0.39 is 11.5 Å². The lowest BCUT2D eigenvalue weighted by Gasteiger charge is -2.26. The van der Waals surface area contributed by atoms with E-state index in [0.29, 0.717) is 23.8 Å². The Morgan fingerprint density at radius 1 is 1.00 bits per heavy atom. The van der Waals surface area contributed by atoms with E-state index in [9.17, 15) is 9.59 Å². The standard InChI is InChI=1S/C34H36N2O5/c1-34(2,21-41-25-15-12-23(13-16-25)33(38)39)35-32(37)24-14-17-26-28(20-24)36-18-19-40-29-11-7-6-10-27(29)31(36)30(26)22-8-4-3-5-9-22/h6-7,10-17,20,22H,3-5,8-9,18-19,21H2,1-2H3,(H,35,37)(H,38,39). The molecule has 2 aliphatic rings. The minimum absolute atomic E-state index is 0.165. The number of nitrogens with one attached hydrogen (secondary N) is 1. The molecule has 7 heteroatoms. The maximum Gasteiger partial charge on any atom is 0.335 e. The van der Waals surface area contributed by atoms with Gasteiger partial charge >= 0.3 is 5.97 Å². The van der Waals surface area contributed by atoms with E-state index in [1.165, 1.54) is 60.9 Å². The lowest BCUT2D eigenvalue weighted by molar-refractivity contribution is 0.0696. The lowest BCUT2D eigenvalue weighted by atomic mass is 9.81. The minimum atomic E-state index is -0.983. The van der Waals surface area contributed by atoms with Gasteiger partial charge in [0.2, 0.25) is 0 Å². The summed E-state index contributed by atoms with van der Waals surface area (Å²) in [6.07, 6.45) is 6.16. The van der Waals surface area contributed by atoms with Crippen LogP contribution in [0.4, 0.5) is 0 Å². The van der Waals surface area contributed by atoms with Crippen LogP contribution >= 0.6 is 0 Å². The third-order valence-electron chi connectivity index (χ3n) is 8.25. The number of para-hydroxylation sites is 1. The molecule has 0 spiro atoms. The Hall–Kier alpha value is -4.26. The highest BCUT2D eigenvalue weighted by molar-refractivity contribution is 6.01. The Balaban J connectivity index is 1.30. The monoisotopic (exact) mass is 552 g/mol. The molecule has 212 valence electrons. The molecule has 0 saturated heterocycles. The van der Waals surface area contributed by atoms with Gasteiger partial charge in [-0.1, -0.05) is 37.5 Å². The van der Waals surface area contributed by atoms with Gasteiger partial charge in [-0.2, -0.15) is 0 Å². The Morgan fingerprint density at radius 2 is 1.73 bits per heavy atom. The third-order valence-corrected chi connectivity index (χ3v) is 8.25. The van der Waals surface area contributed by atoms with Crippen molar-refractivity contribution in [3.8, 4) is 22.8 Å². The summed E-state index contributed by atoms with van der Waals surface area (Å²) in [6, 6.07) is 20.7. The number of nitrogens with zero attached hydrogens (tertiary/aromatic N) is 1. The Kier molecular flexibility index (Phi) is 7.20. The van der Waals surface area contributed by atoms with E-state index in [4.69, 9.17) is 14.6 Å². The average Bonchev–Trinajstić information content (AvgIpc) is 3.17. The summed E-state index contributed by atoms with van der Waals surface area (Å²) in [5.74, 6) is 0.815. The van der Waals surface area contributed by atoms with Crippen molar-refractivity contribution < 1.29 is 24.2 Å². The van der Waals surface area contributed by atoms with E-state index in [1.807, 2.05) is 32.0 Å². The van der Waals surface area contributed by atoms with Gasteiger partial charge in [0, 0.05) is 22.0 Å². The second kappa shape index (κ2) is 11.0. The number of aromatic carboxylic acids is 1. The van der Waals surface area contributed by atoms with E-state index in [-0.39, 0.29) is 18.1 Å². The van der Waals surface area contributed by atoms with Crippen LogP contribution in [-0.2, 0) is 6.54 Å². The molecule has 3 aromatic carbocycles. The number of benzene rings is 3. The van der Waals surface area contributed by atoms with Crippen LogP contribution in [0.5, 0.6) is 11.5 Å². The topological polar surface area (TPSA) is 89.8 Å². The number of carboxylic acids is 1. The second-order valence-electron chi connectivity index (χ2n) is 11.8. The third kappa shape index (κ3) is 5.41. The maximum atomic E-state index is 13.5. The van der Waals surface area contributed by atoms with Gasteiger partial charge in [0.1, 0.15) is 24.7 Å². The van der Waals surface area contributed by atoms with Gasteiger partial charge in [-0.25, -0.2) is 4.79 Å². The molecule has 41 heavy (non-hydrogen) atoms. The first-order valence-corrected chi connectivity index (χ1v) is 14.5. The van der Waals surface area contributed by atoms with Gasteiger partial charge in [-0.05, 0) is 86.7 Å². The van der Waals surface area contributed by atoms with Crippen molar-refractivity contribution in [1.82, 2.24) is 9.88 Å². The van der Waals surface area contributed by atoms with E-state index in [2.05, 4.69) is 34.1 Å². The number of carboxylic acid groups (broad SMARTS) is 1. The number of fused-ring (bicyclic) bond motifs is 5. The summed E-state index contributed by atoms with van der Waals surface area (Å²) in [5.41, 5.74) is 4.97. The van der Waals surface area contributed by atoms with Crippen molar-refractivity contribution in [2.24, 2.45) is 0 Å². The fraction of sp³-hybridized carbons (Fsp3) is 0.353. The summed E-state index contributed by atoms with van der Waals surface area (Å²) in [5, 5.41) is 13.5. The maximum absolute atomic E-state index is 13.5. The fourth-order valence-corrected chi connectivity index (χ4v) is 6.25. The molecule has 0 unspecified atom stereocenters. The zero-order valence-corrected chi connectivity index (χ0v) is 23.6. The van der Waals surface area contributed by atoms with Gasteiger partial charge in [0.25, 0.3) is 5.91 Å². The molecular weight excluding hydrogens is 516 g/mol. The molecule has 0 atom stereocenters. The zero-order chi connectivity index (χ0) is 28.6. The predicted molar refractivity (Wildman–Crippen MR) is 159 cm³/mol. The van der Waals surface area contributed by atoms with Crippen molar-refractivity contribution >= 4 is 22.8 Å². The highest BCUT2D eigenvalue weighted by Crippen LogP contribution is 2.47. The number of carbonyl (C=O) groups excluding carboxylic acids is 1. The van der Waals surface area contributed by atoms with E-state index in [0.717, 1.165) is 23.4 Å². The summed E-state index contributed by atoms with van der Waals surface area (Å²) in [6.45, 7) is 5.35. The predicted octanol–water partition coefficient (Wildman–Crippen LogP) is 7.03. The summed E-state index contributed by atoms with van der Waals surface area (Å²) >= 11 is 0. The number of hydrogen-bond acceptors (Lipinski definition) is 4. The van der Waals surface area contributed by atoms with Crippen molar-refractivity contribution in [2.75, 3.05) is 13.2 Å². The highest BCUT2D eigenvalue weighted by Gasteiger charge is 2.30. The summed E-state index contributed by atoms with van der Waals surface area (Å²) in [4.78, 5) is 24.6. The van der Waals surface area contributed by atoms with Crippen molar-refractivity contribution in [1.29, 1.82) is 0 Å². The van der Waals surface area contributed by atoms with Crippen LogP contribution < -0.4 is 14.8 Å². The first kappa shape index (κ1) is 26.9. The molecule has 2 heterocycles. The molecule has 1 aromatic heterocycles. The Morgan fingerprint density at radius 3 is 2.49 bits per heavy atom. The molecule has 4 aromatic rings. The average molecular weight is 553 g/mol. The molecule has 0 radical (unpaired) electrons. The van der Waals surface area contributed by atoms with E-state index >= 15 is 0 Å². The molecule has 1 aliphatic carbocycles. The quantitative estimate of drug-likeness (QED) is 0.257. The molecule has 1 aliphatic heterocycles. The van der Waals surface area contributed by atoms with Crippen LogP contribution in [-0.4, -0.2) is 40.3 Å². The SMILES string of the molecule is CC(C)(COc1ccc(C(=O)O)cc1)NC(=O)c1ccc2c(C3CCCCC3)c3n(c2c1)CCOc1ccccc1-3. The Bertz CT molecular complexity index is 1600.